The van der Waals surface area contributed by atoms with E-state index in [9.17, 15) is 4.79 Å². The summed E-state index contributed by atoms with van der Waals surface area (Å²) in [4.78, 5) is 11.7. The molecule has 1 aromatic carbocycles. The van der Waals surface area contributed by atoms with Crippen molar-refractivity contribution >= 4 is 17.5 Å². The van der Waals surface area contributed by atoms with E-state index in [0.717, 1.165) is 5.56 Å². The number of halogens is 1. The van der Waals surface area contributed by atoms with Crippen LogP contribution in [0.4, 0.5) is 0 Å². The summed E-state index contributed by atoms with van der Waals surface area (Å²) in [6.07, 6.45) is 1.65. The van der Waals surface area contributed by atoms with Gasteiger partial charge in [0.05, 0.1) is 6.04 Å². The van der Waals surface area contributed by atoms with Gasteiger partial charge >= 0.3 is 0 Å². The van der Waals surface area contributed by atoms with Gasteiger partial charge in [-0.15, -0.1) is 6.58 Å². The smallest absolute Gasteiger partial charge is 0.237 e. The lowest BCUT2D eigenvalue weighted by Gasteiger charge is -2.20. The molecule has 0 unspecified atom stereocenters. The van der Waals surface area contributed by atoms with Crippen LogP contribution in [0.1, 0.15) is 25.5 Å². The van der Waals surface area contributed by atoms with Crippen molar-refractivity contribution in [3.63, 3.8) is 0 Å². The zero-order valence-electron chi connectivity index (χ0n) is 10.7. The Balaban J connectivity index is 2.59. The van der Waals surface area contributed by atoms with Crippen LogP contribution in [-0.4, -0.2) is 18.5 Å². The molecule has 0 radical (unpaired) electrons. The molecule has 1 aromatic rings. The fraction of sp³-hybridized carbons (Fsp3) is 0.357. The van der Waals surface area contributed by atoms with E-state index in [1.54, 1.807) is 6.08 Å². The minimum absolute atomic E-state index is 0.0168. The SMILES string of the molecule is C=CCNC(=O)[C@@H](C)N[C@H](C)c1ccccc1Cl. The molecule has 0 saturated heterocycles. The number of nitrogens with one attached hydrogen (secondary N) is 2. The van der Waals surface area contributed by atoms with Gasteiger partial charge in [-0.25, -0.2) is 0 Å². The summed E-state index contributed by atoms with van der Waals surface area (Å²) in [5, 5.41) is 6.67. The van der Waals surface area contributed by atoms with Crippen molar-refractivity contribution in [2.45, 2.75) is 25.9 Å². The first-order chi connectivity index (χ1) is 8.56. The van der Waals surface area contributed by atoms with Crippen LogP contribution in [0.2, 0.25) is 5.02 Å². The number of carbonyl (C=O) groups excluding carboxylic acids is 1. The van der Waals surface area contributed by atoms with Crippen molar-refractivity contribution in [2.75, 3.05) is 6.54 Å². The predicted molar refractivity (Wildman–Crippen MR) is 75.7 cm³/mol. The number of rotatable bonds is 6. The highest BCUT2D eigenvalue weighted by Gasteiger charge is 2.16. The highest BCUT2D eigenvalue weighted by atomic mass is 35.5. The van der Waals surface area contributed by atoms with Crippen LogP contribution in [0.15, 0.2) is 36.9 Å². The molecule has 0 bridgehead atoms. The van der Waals surface area contributed by atoms with Crippen LogP contribution in [0.5, 0.6) is 0 Å². The topological polar surface area (TPSA) is 41.1 Å². The number of amides is 1. The van der Waals surface area contributed by atoms with E-state index < -0.39 is 0 Å². The Morgan fingerprint density at radius 1 is 1.44 bits per heavy atom. The Kier molecular flexibility index (Phi) is 5.89. The van der Waals surface area contributed by atoms with E-state index in [1.165, 1.54) is 0 Å². The van der Waals surface area contributed by atoms with Crippen LogP contribution < -0.4 is 10.6 Å². The maximum Gasteiger partial charge on any atom is 0.237 e. The molecule has 0 aliphatic heterocycles. The van der Waals surface area contributed by atoms with Gasteiger partial charge in [0.2, 0.25) is 5.91 Å². The minimum atomic E-state index is -0.281. The van der Waals surface area contributed by atoms with Gasteiger partial charge in [0.15, 0.2) is 0 Å². The molecule has 2 atom stereocenters. The molecule has 0 saturated carbocycles. The second-order valence-corrected chi connectivity index (χ2v) is 4.57. The number of benzene rings is 1. The largest absolute Gasteiger partial charge is 0.351 e. The Morgan fingerprint density at radius 2 is 2.11 bits per heavy atom. The average Bonchev–Trinajstić information content (AvgIpc) is 2.36. The molecule has 1 amide bonds. The normalized spacial score (nSPS) is 13.7. The maximum atomic E-state index is 11.7. The zero-order chi connectivity index (χ0) is 13.5. The van der Waals surface area contributed by atoms with Crippen molar-refractivity contribution in [3.8, 4) is 0 Å². The maximum absolute atomic E-state index is 11.7. The van der Waals surface area contributed by atoms with Crippen LogP contribution >= 0.6 is 11.6 Å². The lowest BCUT2D eigenvalue weighted by atomic mass is 10.1. The highest BCUT2D eigenvalue weighted by Crippen LogP contribution is 2.22. The van der Waals surface area contributed by atoms with Crippen molar-refractivity contribution < 1.29 is 4.79 Å². The van der Waals surface area contributed by atoms with E-state index in [-0.39, 0.29) is 18.0 Å². The molecule has 18 heavy (non-hydrogen) atoms. The summed E-state index contributed by atoms with van der Waals surface area (Å²) in [6, 6.07) is 7.35. The molecular weight excluding hydrogens is 248 g/mol. The summed E-state index contributed by atoms with van der Waals surface area (Å²) in [6.45, 7) is 7.85. The number of hydrogen-bond donors (Lipinski definition) is 2. The van der Waals surface area contributed by atoms with Gasteiger partial charge in [-0.3, -0.25) is 10.1 Å². The first kappa shape index (κ1) is 14.7. The summed E-state index contributed by atoms with van der Waals surface area (Å²) in [5.74, 6) is -0.0474. The number of carbonyl (C=O) groups is 1. The van der Waals surface area contributed by atoms with Crippen LogP contribution in [-0.2, 0) is 4.79 Å². The molecule has 98 valence electrons. The van der Waals surface area contributed by atoms with Crippen molar-refractivity contribution in [3.05, 3.63) is 47.5 Å². The lowest BCUT2D eigenvalue weighted by Crippen LogP contribution is -2.43. The molecule has 0 aliphatic rings. The fourth-order valence-corrected chi connectivity index (χ4v) is 1.99. The van der Waals surface area contributed by atoms with Crippen LogP contribution in [0.3, 0.4) is 0 Å². The third-order valence-corrected chi connectivity index (χ3v) is 3.03. The molecule has 3 nitrogen and oxygen atoms in total. The van der Waals surface area contributed by atoms with Gasteiger partial charge in [-0.2, -0.15) is 0 Å². The molecule has 4 heteroatoms. The minimum Gasteiger partial charge on any atom is -0.351 e. The van der Waals surface area contributed by atoms with Crippen molar-refractivity contribution in [2.24, 2.45) is 0 Å². The predicted octanol–water partition coefficient (Wildman–Crippen LogP) is 2.68. The molecular formula is C14H19ClN2O. The molecule has 0 spiro atoms. The zero-order valence-corrected chi connectivity index (χ0v) is 11.5. The highest BCUT2D eigenvalue weighted by molar-refractivity contribution is 6.31. The first-order valence-electron chi connectivity index (χ1n) is 5.95. The van der Waals surface area contributed by atoms with Gasteiger partial charge < -0.3 is 5.32 Å². The monoisotopic (exact) mass is 266 g/mol. The van der Waals surface area contributed by atoms with Gasteiger partial charge in [0.25, 0.3) is 0 Å². The van der Waals surface area contributed by atoms with Gasteiger partial charge in [-0.05, 0) is 25.5 Å². The standard InChI is InChI=1S/C14H19ClN2O/c1-4-9-16-14(18)11(3)17-10(2)12-7-5-6-8-13(12)15/h4-8,10-11,17H,1,9H2,2-3H3,(H,16,18)/t10-,11-/m1/s1. The molecule has 0 aromatic heterocycles. The fourth-order valence-electron chi connectivity index (χ4n) is 1.69. The summed E-state index contributed by atoms with van der Waals surface area (Å²) in [5.41, 5.74) is 0.988. The molecule has 1 rings (SSSR count). The molecule has 0 aliphatic carbocycles. The third-order valence-electron chi connectivity index (χ3n) is 2.69. The van der Waals surface area contributed by atoms with E-state index in [0.29, 0.717) is 11.6 Å². The van der Waals surface area contributed by atoms with E-state index >= 15 is 0 Å². The Labute approximate surface area is 113 Å². The second kappa shape index (κ2) is 7.19. The average molecular weight is 267 g/mol. The molecule has 2 N–H and O–H groups in total. The summed E-state index contributed by atoms with van der Waals surface area (Å²) in [7, 11) is 0. The Bertz CT molecular complexity index is 420. The van der Waals surface area contributed by atoms with Crippen molar-refractivity contribution in [1.29, 1.82) is 0 Å². The van der Waals surface area contributed by atoms with Crippen LogP contribution in [0, 0.1) is 0 Å². The van der Waals surface area contributed by atoms with Gasteiger partial charge in [0, 0.05) is 17.6 Å². The quantitative estimate of drug-likeness (QED) is 0.778. The summed E-state index contributed by atoms with van der Waals surface area (Å²) < 4.78 is 0. The van der Waals surface area contributed by atoms with Gasteiger partial charge in [0.1, 0.15) is 0 Å². The van der Waals surface area contributed by atoms with E-state index in [4.69, 9.17) is 11.6 Å². The van der Waals surface area contributed by atoms with E-state index in [2.05, 4.69) is 17.2 Å². The number of hydrogen-bond acceptors (Lipinski definition) is 2. The second-order valence-electron chi connectivity index (χ2n) is 4.17. The van der Waals surface area contributed by atoms with Crippen LogP contribution in [0.25, 0.3) is 0 Å². The summed E-state index contributed by atoms with van der Waals surface area (Å²) >= 11 is 6.11. The lowest BCUT2D eigenvalue weighted by molar-refractivity contribution is -0.122. The Hall–Kier alpha value is -1.32. The Morgan fingerprint density at radius 3 is 2.72 bits per heavy atom. The van der Waals surface area contributed by atoms with E-state index in [1.807, 2.05) is 38.1 Å². The third kappa shape index (κ3) is 4.17. The molecule has 0 fully saturated rings. The first-order valence-corrected chi connectivity index (χ1v) is 6.33. The van der Waals surface area contributed by atoms with Crippen molar-refractivity contribution in [1.82, 2.24) is 10.6 Å². The van der Waals surface area contributed by atoms with Gasteiger partial charge in [-0.1, -0.05) is 35.9 Å². The molecule has 0 heterocycles.